The van der Waals surface area contributed by atoms with Crippen LogP contribution < -0.4 is 28.4 Å². The van der Waals surface area contributed by atoms with Crippen molar-refractivity contribution in [3.8, 4) is 34.5 Å². The molecule has 8 heteroatoms. The van der Waals surface area contributed by atoms with Crippen LogP contribution in [0.2, 0.25) is 0 Å². The van der Waals surface area contributed by atoms with E-state index in [-0.39, 0.29) is 13.5 Å². The molecule has 2 unspecified atom stereocenters. The molecule has 302 valence electrons. The predicted octanol–water partition coefficient (Wildman–Crippen LogP) is 11.6. The van der Waals surface area contributed by atoms with E-state index >= 15 is 0 Å². The quantitative estimate of drug-likeness (QED) is 0.0614. The van der Waals surface area contributed by atoms with Gasteiger partial charge in [0.1, 0.15) is 54.3 Å². The summed E-state index contributed by atoms with van der Waals surface area (Å²) in [7, 11) is 6.65. The molecule has 55 heavy (non-hydrogen) atoms. The molecule has 0 heterocycles. The fourth-order valence-electron chi connectivity index (χ4n) is 5.36. The number of ether oxygens (including phenoxy) is 8. The molecule has 0 saturated heterocycles. The molecule has 4 rings (SSSR count). The van der Waals surface area contributed by atoms with Crippen molar-refractivity contribution in [2.24, 2.45) is 11.8 Å². The van der Waals surface area contributed by atoms with Gasteiger partial charge in [-0.15, -0.1) is 0 Å². The Morgan fingerprint density at radius 1 is 0.509 bits per heavy atom. The number of methoxy groups -OCH3 is 4. The molecule has 4 aromatic rings. The topological polar surface area (TPSA) is 73.8 Å². The van der Waals surface area contributed by atoms with Crippen LogP contribution in [0.25, 0.3) is 6.08 Å². The molecule has 0 aliphatic rings. The Bertz CT molecular complexity index is 1530. The van der Waals surface area contributed by atoms with E-state index in [1.807, 2.05) is 72.8 Å². The highest BCUT2D eigenvalue weighted by atomic mass is 16.5. The second-order valence-electron chi connectivity index (χ2n) is 13.1. The van der Waals surface area contributed by atoms with Gasteiger partial charge < -0.3 is 37.9 Å². The summed E-state index contributed by atoms with van der Waals surface area (Å²) in [6, 6.07) is 31.3. The van der Waals surface area contributed by atoms with Gasteiger partial charge in [-0.1, -0.05) is 78.6 Å². The van der Waals surface area contributed by atoms with E-state index in [0.717, 1.165) is 52.9 Å². The van der Waals surface area contributed by atoms with Crippen molar-refractivity contribution in [3.63, 3.8) is 0 Å². The van der Waals surface area contributed by atoms with E-state index in [0.29, 0.717) is 44.2 Å². The average Bonchev–Trinajstić information content (AvgIpc) is 3.21. The van der Waals surface area contributed by atoms with Gasteiger partial charge in [0.05, 0.1) is 47.4 Å². The molecule has 0 saturated carbocycles. The molecule has 0 amide bonds. The van der Waals surface area contributed by atoms with Crippen molar-refractivity contribution in [1.29, 1.82) is 0 Å². The van der Waals surface area contributed by atoms with Crippen LogP contribution in [0, 0.1) is 11.8 Å². The Balaban J connectivity index is 0.000000496. The van der Waals surface area contributed by atoms with Gasteiger partial charge in [-0.3, -0.25) is 0 Å². The van der Waals surface area contributed by atoms with Crippen LogP contribution in [0.1, 0.15) is 65.0 Å². The van der Waals surface area contributed by atoms with Gasteiger partial charge in [0.25, 0.3) is 0 Å². The number of hydrogen-bond donors (Lipinski definition) is 0. The molecular weight excluding hydrogens is 693 g/mol. The standard InChI is InChI=1S/C26H38O4.C11H14O3.C9H10O.CH4/c1-19(2)17-22(21-7-9-23(27-5)10-8-21)18-26(20(3)4)30-16-15-29-25-13-11-24(28-6)12-14-25;1-3-13-8-9-14-11-6-4-10(12-2)5-7-11;1-3-8-4-6-9(10-2)7-5-8;/h7-14,19-20,22,26H,15-18H2,1-6H3;3-7H,1,8-9H2,2H3;3-7H,1H2,2H3;1H4. The minimum Gasteiger partial charge on any atom is -0.498 e. The van der Waals surface area contributed by atoms with Crippen LogP contribution in [0.15, 0.2) is 116 Å². The summed E-state index contributed by atoms with van der Waals surface area (Å²) >= 11 is 0. The molecule has 0 aliphatic heterocycles. The zero-order valence-electron chi connectivity index (χ0n) is 33.6. The van der Waals surface area contributed by atoms with E-state index in [9.17, 15) is 0 Å². The second-order valence-corrected chi connectivity index (χ2v) is 13.1. The molecule has 0 bridgehead atoms. The number of hydrogen-bond acceptors (Lipinski definition) is 8. The van der Waals surface area contributed by atoms with E-state index in [2.05, 4.69) is 65.1 Å². The van der Waals surface area contributed by atoms with Gasteiger partial charge >= 0.3 is 0 Å². The lowest BCUT2D eigenvalue weighted by Crippen LogP contribution is -2.25. The van der Waals surface area contributed by atoms with E-state index in [1.54, 1.807) is 34.5 Å². The maximum Gasteiger partial charge on any atom is 0.122 e. The molecule has 0 radical (unpaired) electrons. The molecule has 4 aromatic carbocycles. The highest BCUT2D eigenvalue weighted by Crippen LogP contribution is 2.32. The first-order valence-corrected chi connectivity index (χ1v) is 18.4. The smallest absolute Gasteiger partial charge is 0.122 e. The third kappa shape index (κ3) is 19.7. The molecular formula is C47H66O8. The molecule has 0 N–H and O–H groups in total. The highest BCUT2D eigenvalue weighted by molar-refractivity contribution is 5.48. The number of benzene rings is 4. The lowest BCUT2D eigenvalue weighted by molar-refractivity contribution is -0.00268. The molecule has 0 aliphatic carbocycles. The van der Waals surface area contributed by atoms with Crippen LogP contribution in [0.3, 0.4) is 0 Å². The second kappa shape index (κ2) is 28.4. The minimum absolute atomic E-state index is 0. The monoisotopic (exact) mass is 758 g/mol. The lowest BCUT2D eigenvalue weighted by Gasteiger charge is -2.28. The van der Waals surface area contributed by atoms with E-state index in [4.69, 9.17) is 37.9 Å². The van der Waals surface area contributed by atoms with Crippen molar-refractivity contribution in [1.82, 2.24) is 0 Å². The molecule has 0 aromatic heterocycles. The van der Waals surface area contributed by atoms with Gasteiger partial charge in [-0.05, 0) is 115 Å². The van der Waals surface area contributed by atoms with Crippen molar-refractivity contribution >= 4 is 6.08 Å². The van der Waals surface area contributed by atoms with Gasteiger partial charge in [-0.25, -0.2) is 0 Å². The largest absolute Gasteiger partial charge is 0.498 e. The first kappa shape index (κ1) is 47.9. The predicted molar refractivity (Wildman–Crippen MR) is 227 cm³/mol. The Labute approximate surface area is 332 Å². The third-order valence-corrected chi connectivity index (χ3v) is 8.35. The summed E-state index contributed by atoms with van der Waals surface area (Å²) in [6.45, 7) is 18.2. The first-order valence-electron chi connectivity index (χ1n) is 18.4. The van der Waals surface area contributed by atoms with Crippen LogP contribution in [0.5, 0.6) is 34.5 Å². The minimum atomic E-state index is 0. The zero-order valence-corrected chi connectivity index (χ0v) is 33.6. The van der Waals surface area contributed by atoms with Crippen LogP contribution in [-0.2, 0) is 9.47 Å². The van der Waals surface area contributed by atoms with Crippen molar-refractivity contribution in [2.45, 2.75) is 60.0 Å². The third-order valence-electron chi connectivity index (χ3n) is 8.35. The van der Waals surface area contributed by atoms with Crippen molar-refractivity contribution in [3.05, 3.63) is 128 Å². The maximum absolute atomic E-state index is 6.27. The lowest BCUT2D eigenvalue weighted by atomic mass is 9.84. The summed E-state index contributed by atoms with van der Waals surface area (Å²) < 4.78 is 42.9. The summed E-state index contributed by atoms with van der Waals surface area (Å²) in [4.78, 5) is 0. The van der Waals surface area contributed by atoms with Crippen molar-refractivity contribution < 1.29 is 37.9 Å². The summed E-state index contributed by atoms with van der Waals surface area (Å²) in [5.74, 6) is 6.59. The maximum atomic E-state index is 6.27. The van der Waals surface area contributed by atoms with E-state index in [1.165, 1.54) is 11.8 Å². The van der Waals surface area contributed by atoms with Crippen LogP contribution in [0.4, 0.5) is 0 Å². The molecule has 0 fully saturated rings. The normalized spacial score (nSPS) is 11.2. The Morgan fingerprint density at radius 2 is 0.909 bits per heavy atom. The fraction of sp³-hybridized carbons (Fsp3) is 0.404. The average molecular weight is 759 g/mol. The first-order chi connectivity index (χ1) is 26.1. The highest BCUT2D eigenvalue weighted by Gasteiger charge is 2.22. The van der Waals surface area contributed by atoms with Gasteiger partial charge in [-0.2, -0.15) is 0 Å². The van der Waals surface area contributed by atoms with Crippen molar-refractivity contribution in [2.75, 3.05) is 54.9 Å². The Morgan fingerprint density at radius 3 is 1.29 bits per heavy atom. The van der Waals surface area contributed by atoms with Crippen LogP contribution >= 0.6 is 0 Å². The Hall–Kier alpha value is -5.08. The van der Waals surface area contributed by atoms with Crippen LogP contribution in [-0.4, -0.2) is 61.0 Å². The van der Waals surface area contributed by atoms with Gasteiger partial charge in [0, 0.05) is 0 Å². The summed E-state index contributed by atoms with van der Waals surface area (Å²) in [5.41, 5.74) is 2.47. The van der Waals surface area contributed by atoms with Gasteiger partial charge in [0.15, 0.2) is 0 Å². The summed E-state index contributed by atoms with van der Waals surface area (Å²) in [6.07, 6.45) is 5.54. The SMILES string of the molecule is C.C=COCCOc1ccc(OC)cc1.C=Cc1ccc(OC)cc1.COc1ccc(OCCOC(CC(CC(C)C)c2ccc(OC)cc2)C(C)C)cc1. The van der Waals surface area contributed by atoms with E-state index < -0.39 is 0 Å². The zero-order chi connectivity index (χ0) is 39.6. The Kier molecular flexibility index (Phi) is 24.7. The number of rotatable bonds is 21. The van der Waals surface area contributed by atoms with Gasteiger partial charge in [0.2, 0.25) is 0 Å². The molecule has 2 atom stereocenters. The molecule has 0 spiro atoms. The summed E-state index contributed by atoms with van der Waals surface area (Å²) in [5, 5.41) is 0. The fourth-order valence-corrected chi connectivity index (χ4v) is 5.36. The molecule has 8 nitrogen and oxygen atoms in total.